The minimum atomic E-state index is -1.31. The minimum Gasteiger partial charge on any atom is -0.468 e. The van der Waals surface area contributed by atoms with Crippen LogP contribution < -0.4 is 10.6 Å². The van der Waals surface area contributed by atoms with Crippen LogP contribution in [-0.4, -0.2) is 79.0 Å². The van der Waals surface area contributed by atoms with E-state index in [0.717, 1.165) is 4.90 Å². The summed E-state index contributed by atoms with van der Waals surface area (Å²) in [6.45, 7) is 5.43. The summed E-state index contributed by atoms with van der Waals surface area (Å²) in [4.78, 5) is 51.9. The van der Waals surface area contributed by atoms with E-state index < -0.39 is 35.3 Å². The molecule has 0 spiro atoms. The monoisotopic (exact) mass is 354 g/mol. The quantitative estimate of drug-likeness (QED) is 0.504. The van der Waals surface area contributed by atoms with Gasteiger partial charge in [-0.3, -0.25) is 24.6 Å². The number of ether oxygens (including phenoxy) is 1. The van der Waals surface area contributed by atoms with Crippen LogP contribution in [0, 0.1) is 11.8 Å². The van der Waals surface area contributed by atoms with Gasteiger partial charge in [-0.1, -0.05) is 0 Å². The molecule has 9 heteroatoms. The maximum Gasteiger partial charge on any atom is 0.326 e. The summed E-state index contributed by atoms with van der Waals surface area (Å²) in [7, 11) is 4.25. The highest BCUT2D eigenvalue weighted by Crippen LogP contribution is 2.42. The van der Waals surface area contributed by atoms with Gasteiger partial charge in [0.25, 0.3) is 0 Å². The fraction of sp³-hybridized carbons (Fsp3) is 0.750. The highest BCUT2D eigenvalue weighted by atomic mass is 16.5. The molecule has 2 aliphatic heterocycles. The van der Waals surface area contributed by atoms with Gasteiger partial charge in [0.05, 0.1) is 18.9 Å². The summed E-state index contributed by atoms with van der Waals surface area (Å²) in [5.74, 6) is -2.92. The molecule has 25 heavy (non-hydrogen) atoms. The molecule has 2 fully saturated rings. The molecule has 2 saturated heterocycles. The molecule has 2 rings (SSSR count). The molecule has 140 valence electrons. The molecule has 0 aliphatic carbocycles. The molecule has 4 atom stereocenters. The van der Waals surface area contributed by atoms with E-state index in [1.807, 2.05) is 13.8 Å². The number of esters is 1. The third kappa shape index (κ3) is 3.08. The average molecular weight is 354 g/mol. The number of nitrogens with zero attached hydrogens (tertiary/aromatic N) is 2. The van der Waals surface area contributed by atoms with Crippen LogP contribution in [-0.2, 0) is 19.1 Å². The summed E-state index contributed by atoms with van der Waals surface area (Å²) >= 11 is 0. The van der Waals surface area contributed by atoms with Crippen molar-refractivity contribution in [3.63, 3.8) is 0 Å². The van der Waals surface area contributed by atoms with Crippen molar-refractivity contribution in [1.29, 1.82) is 0 Å². The lowest BCUT2D eigenvalue weighted by Gasteiger charge is -2.29. The van der Waals surface area contributed by atoms with Gasteiger partial charge in [-0.25, -0.2) is 4.79 Å². The van der Waals surface area contributed by atoms with Crippen molar-refractivity contribution in [2.24, 2.45) is 11.8 Å². The van der Waals surface area contributed by atoms with Crippen molar-refractivity contribution in [3.8, 4) is 0 Å². The van der Waals surface area contributed by atoms with Gasteiger partial charge in [-0.05, 0) is 20.8 Å². The van der Waals surface area contributed by atoms with Crippen LogP contribution in [0.5, 0.6) is 0 Å². The Kier molecular flexibility index (Phi) is 5.08. The molecule has 2 heterocycles. The summed E-state index contributed by atoms with van der Waals surface area (Å²) in [6, 6.07) is -0.844. The number of likely N-dealkylation sites (N-methyl/N-ethyl adjacent to an activating group) is 1. The average Bonchev–Trinajstić information content (AvgIpc) is 2.95. The van der Waals surface area contributed by atoms with Crippen molar-refractivity contribution in [2.45, 2.75) is 38.4 Å². The number of urea groups is 1. The summed E-state index contributed by atoms with van der Waals surface area (Å²) in [5, 5.41) is 5.84. The zero-order valence-electron chi connectivity index (χ0n) is 15.5. The largest absolute Gasteiger partial charge is 0.468 e. The van der Waals surface area contributed by atoms with E-state index in [0.29, 0.717) is 0 Å². The normalized spacial score (nSPS) is 31.3. The van der Waals surface area contributed by atoms with E-state index in [1.165, 1.54) is 19.1 Å². The molecule has 9 nitrogen and oxygen atoms in total. The van der Waals surface area contributed by atoms with Crippen LogP contribution in [0.3, 0.4) is 0 Å². The van der Waals surface area contributed by atoms with Gasteiger partial charge >= 0.3 is 12.0 Å². The van der Waals surface area contributed by atoms with Crippen LogP contribution in [0.2, 0.25) is 0 Å². The Morgan fingerprint density at radius 1 is 1.36 bits per heavy atom. The maximum atomic E-state index is 12.5. The number of fused-ring (bicyclic) bond motifs is 1. The topological polar surface area (TPSA) is 108 Å². The number of carbonyl (C=O) groups is 4. The number of methoxy groups -OCH3 is 1. The lowest BCUT2D eigenvalue weighted by molar-refractivity contribution is -0.152. The summed E-state index contributed by atoms with van der Waals surface area (Å²) < 4.78 is 4.84. The number of hydrogen-bond acceptors (Lipinski definition) is 6. The van der Waals surface area contributed by atoms with Crippen molar-refractivity contribution in [3.05, 3.63) is 0 Å². The van der Waals surface area contributed by atoms with E-state index in [9.17, 15) is 19.2 Å². The SMILES string of the molecule is COC(=O)[C@]1(C)N[C@H](CN(C)C(=O)NC(C)C)[C@@H]2C(=O)N(C)C(=O)[C@@H]21. The summed E-state index contributed by atoms with van der Waals surface area (Å²) in [5.41, 5.74) is -1.31. The van der Waals surface area contributed by atoms with E-state index in [-0.39, 0.29) is 24.5 Å². The highest BCUT2D eigenvalue weighted by molar-refractivity contribution is 6.09. The molecule has 0 bridgehead atoms. The third-order valence-corrected chi connectivity index (χ3v) is 4.95. The van der Waals surface area contributed by atoms with Crippen molar-refractivity contribution >= 4 is 23.8 Å². The van der Waals surface area contributed by atoms with Gasteiger partial charge in [0.2, 0.25) is 11.8 Å². The molecule has 0 aromatic carbocycles. The molecule has 2 aliphatic rings. The van der Waals surface area contributed by atoms with Crippen LogP contribution in [0.4, 0.5) is 4.79 Å². The second kappa shape index (κ2) is 6.62. The molecule has 0 aromatic rings. The Morgan fingerprint density at radius 3 is 2.48 bits per heavy atom. The Morgan fingerprint density at radius 2 is 1.96 bits per heavy atom. The lowest BCUT2D eigenvalue weighted by atomic mass is 9.81. The number of amides is 4. The van der Waals surface area contributed by atoms with Gasteiger partial charge in [0, 0.05) is 32.7 Å². The number of rotatable bonds is 4. The number of hydrogen-bond donors (Lipinski definition) is 2. The van der Waals surface area contributed by atoms with Gasteiger partial charge < -0.3 is 15.0 Å². The van der Waals surface area contributed by atoms with Crippen LogP contribution in [0.25, 0.3) is 0 Å². The van der Waals surface area contributed by atoms with Crippen LogP contribution in [0.15, 0.2) is 0 Å². The van der Waals surface area contributed by atoms with E-state index in [4.69, 9.17) is 4.74 Å². The Balaban J connectivity index is 2.28. The van der Waals surface area contributed by atoms with Gasteiger partial charge in [-0.2, -0.15) is 0 Å². The highest BCUT2D eigenvalue weighted by Gasteiger charge is 2.66. The fourth-order valence-electron chi connectivity index (χ4n) is 3.70. The fourth-order valence-corrected chi connectivity index (χ4v) is 3.70. The first-order valence-electron chi connectivity index (χ1n) is 8.23. The Bertz CT molecular complexity index is 607. The number of likely N-dealkylation sites (tertiary alicyclic amines) is 1. The zero-order chi connectivity index (χ0) is 19.1. The van der Waals surface area contributed by atoms with Gasteiger partial charge in [0.1, 0.15) is 5.54 Å². The second-order valence-corrected chi connectivity index (χ2v) is 7.17. The molecular formula is C16H26N4O5. The zero-order valence-corrected chi connectivity index (χ0v) is 15.5. The molecule has 2 N–H and O–H groups in total. The second-order valence-electron chi connectivity index (χ2n) is 7.17. The number of imide groups is 1. The summed E-state index contributed by atoms with van der Waals surface area (Å²) in [6.07, 6.45) is 0. The first-order chi connectivity index (χ1) is 11.5. The van der Waals surface area contributed by atoms with Crippen LogP contribution in [0.1, 0.15) is 20.8 Å². The molecule has 0 unspecified atom stereocenters. The van der Waals surface area contributed by atoms with E-state index >= 15 is 0 Å². The molecule has 0 radical (unpaired) electrons. The van der Waals surface area contributed by atoms with Crippen molar-refractivity contribution < 1.29 is 23.9 Å². The molecule has 0 saturated carbocycles. The van der Waals surface area contributed by atoms with Gasteiger partial charge in [-0.15, -0.1) is 0 Å². The molecule has 4 amide bonds. The Labute approximate surface area is 147 Å². The maximum absolute atomic E-state index is 12.5. The van der Waals surface area contributed by atoms with Crippen LogP contribution >= 0.6 is 0 Å². The standard InChI is InChI=1S/C16H26N4O5/c1-8(2)17-15(24)19(4)7-9-10-11(13(22)20(5)12(10)21)16(3,18-9)14(23)25-6/h8-11,18H,7H2,1-6H3,(H,17,24)/t9-,10+,11-,16-/m1/s1. The smallest absolute Gasteiger partial charge is 0.326 e. The molecule has 0 aromatic heterocycles. The van der Waals surface area contributed by atoms with Crippen molar-refractivity contribution in [1.82, 2.24) is 20.4 Å². The van der Waals surface area contributed by atoms with Gasteiger partial charge in [0.15, 0.2) is 0 Å². The predicted molar refractivity (Wildman–Crippen MR) is 88.4 cm³/mol. The third-order valence-electron chi connectivity index (χ3n) is 4.95. The number of nitrogens with one attached hydrogen (secondary N) is 2. The minimum absolute atomic E-state index is 0.0274. The first-order valence-corrected chi connectivity index (χ1v) is 8.23. The van der Waals surface area contributed by atoms with E-state index in [2.05, 4.69) is 10.6 Å². The Hall–Kier alpha value is -2.16. The van der Waals surface area contributed by atoms with E-state index in [1.54, 1.807) is 14.0 Å². The lowest BCUT2D eigenvalue weighted by Crippen LogP contribution is -2.56. The first kappa shape index (κ1) is 19.2. The number of carbonyl (C=O) groups excluding carboxylic acids is 4. The van der Waals surface area contributed by atoms with Crippen molar-refractivity contribution in [2.75, 3.05) is 27.7 Å². The predicted octanol–water partition coefficient (Wildman–Crippen LogP) is -0.829. The molecular weight excluding hydrogens is 328 g/mol.